The highest BCUT2D eigenvalue weighted by Gasteiger charge is 2.36. The number of hydrogen-bond acceptors (Lipinski definition) is 2. The van der Waals surface area contributed by atoms with Gasteiger partial charge in [0.05, 0.1) is 0 Å². The summed E-state index contributed by atoms with van der Waals surface area (Å²) in [6, 6.07) is 9.84. The number of piperidine rings is 1. The predicted molar refractivity (Wildman–Crippen MR) is 70.1 cm³/mol. The number of nitrogens with zero attached hydrogens (tertiary/aromatic N) is 1. The van der Waals surface area contributed by atoms with Gasteiger partial charge in [-0.3, -0.25) is 4.79 Å². The molecule has 1 N–H and O–H groups in total. The maximum atomic E-state index is 12.5. The molecule has 2 rings (SSSR count). The summed E-state index contributed by atoms with van der Waals surface area (Å²) in [5.74, 6) is 0.227. The minimum Gasteiger partial charge on any atom is -0.317 e. The molecule has 0 aliphatic carbocycles. The van der Waals surface area contributed by atoms with E-state index in [9.17, 15) is 4.79 Å². The number of rotatable bonds is 2. The quantitative estimate of drug-likeness (QED) is 0.846. The highest BCUT2D eigenvalue weighted by molar-refractivity contribution is 5.96. The van der Waals surface area contributed by atoms with Crippen LogP contribution in [0.2, 0.25) is 0 Å². The highest BCUT2D eigenvalue weighted by atomic mass is 16.2. The zero-order valence-corrected chi connectivity index (χ0v) is 10.6. The molecule has 0 radical (unpaired) electrons. The van der Waals surface area contributed by atoms with Crippen LogP contribution in [0.5, 0.6) is 0 Å². The summed E-state index contributed by atoms with van der Waals surface area (Å²) in [6.07, 6.45) is 1.84. The first-order valence-electron chi connectivity index (χ1n) is 6.17. The molecule has 1 aromatic carbocycles. The van der Waals surface area contributed by atoms with Gasteiger partial charge in [0.2, 0.25) is 5.91 Å². The van der Waals surface area contributed by atoms with Crippen LogP contribution >= 0.6 is 0 Å². The summed E-state index contributed by atoms with van der Waals surface area (Å²) in [7, 11) is 1.87. The van der Waals surface area contributed by atoms with Crippen molar-refractivity contribution in [2.45, 2.75) is 19.8 Å². The Morgan fingerprint density at radius 1 is 1.24 bits per heavy atom. The maximum Gasteiger partial charge on any atom is 0.232 e. The van der Waals surface area contributed by atoms with Gasteiger partial charge in [-0.15, -0.1) is 0 Å². The van der Waals surface area contributed by atoms with Gasteiger partial charge in [0.1, 0.15) is 0 Å². The lowest BCUT2D eigenvalue weighted by Gasteiger charge is -2.36. The second kappa shape index (κ2) is 4.88. The minimum atomic E-state index is -0.212. The van der Waals surface area contributed by atoms with Crippen LogP contribution in [0.15, 0.2) is 30.3 Å². The van der Waals surface area contributed by atoms with E-state index in [2.05, 4.69) is 12.2 Å². The molecule has 1 heterocycles. The van der Waals surface area contributed by atoms with E-state index in [-0.39, 0.29) is 11.3 Å². The van der Waals surface area contributed by atoms with Gasteiger partial charge in [0.25, 0.3) is 0 Å². The lowest BCUT2D eigenvalue weighted by Crippen LogP contribution is -2.46. The molecule has 3 nitrogen and oxygen atoms in total. The third kappa shape index (κ3) is 2.50. The van der Waals surface area contributed by atoms with Crippen molar-refractivity contribution >= 4 is 11.6 Å². The topological polar surface area (TPSA) is 32.3 Å². The molecule has 1 aliphatic rings. The molecular weight excluding hydrogens is 212 g/mol. The van der Waals surface area contributed by atoms with Crippen molar-refractivity contribution < 1.29 is 4.79 Å². The molecule has 0 spiro atoms. The maximum absolute atomic E-state index is 12.5. The van der Waals surface area contributed by atoms with Gasteiger partial charge >= 0.3 is 0 Å². The monoisotopic (exact) mass is 232 g/mol. The average Bonchev–Trinajstić information content (AvgIpc) is 2.39. The summed E-state index contributed by atoms with van der Waals surface area (Å²) >= 11 is 0. The number of para-hydroxylation sites is 1. The fourth-order valence-corrected chi connectivity index (χ4v) is 2.37. The van der Waals surface area contributed by atoms with Crippen molar-refractivity contribution in [1.29, 1.82) is 0 Å². The van der Waals surface area contributed by atoms with E-state index in [0.717, 1.165) is 31.6 Å². The zero-order valence-electron chi connectivity index (χ0n) is 10.6. The summed E-state index contributed by atoms with van der Waals surface area (Å²) in [5, 5.41) is 3.30. The molecule has 1 aromatic rings. The third-order valence-electron chi connectivity index (χ3n) is 3.67. The van der Waals surface area contributed by atoms with Crippen LogP contribution in [0.1, 0.15) is 19.8 Å². The van der Waals surface area contributed by atoms with E-state index >= 15 is 0 Å². The molecule has 0 atom stereocenters. The number of carbonyl (C=O) groups excluding carboxylic acids is 1. The van der Waals surface area contributed by atoms with Gasteiger partial charge in [-0.1, -0.05) is 25.1 Å². The van der Waals surface area contributed by atoms with E-state index in [4.69, 9.17) is 0 Å². The molecule has 1 aliphatic heterocycles. The molecule has 0 bridgehead atoms. The lowest BCUT2D eigenvalue weighted by molar-refractivity contribution is -0.128. The first-order valence-corrected chi connectivity index (χ1v) is 6.17. The second-order valence-corrected chi connectivity index (χ2v) is 5.01. The summed E-state index contributed by atoms with van der Waals surface area (Å²) in [6.45, 7) is 3.95. The molecule has 0 unspecified atom stereocenters. The smallest absolute Gasteiger partial charge is 0.232 e. The first kappa shape index (κ1) is 12.1. The standard InChI is InChI=1S/C14H20N2O/c1-14(8-10-15-11-9-14)13(17)16(2)12-6-4-3-5-7-12/h3-7,15H,8-11H2,1-2H3. The molecule has 17 heavy (non-hydrogen) atoms. The highest BCUT2D eigenvalue weighted by Crippen LogP contribution is 2.31. The van der Waals surface area contributed by atoms with E-state index in [1.807, 2.05) is 37.4 Å². The predicted octanol–water partition coefficient (Wildman–Crippen LogP) is 2.04. The largest absolute Gasteiger partial charge is 0.317 e. The van der Waals surface area contributed by atoms with Crippen molar-refractivity contribution in [3.05, 3.63) is 30.3 Å². The van der Waals surface area contributed by atoms with Crippen LogP contribution < -0.4 is 10.2 Å². The van der Waals surface area contributed by atoms with Crippen molar-refractivity contribution in [1.82, 2.24) is 5.32 Å². The van der Waals surface area contributed by atoms with Crippen molar-refractivity contribution in [3.8, 4) is 0 Å². The first-order chi connectivity index (χ1) is 8.13. The Labute approximate surface area is 103 Å². The molecule has 92 valence electrons. The summed E-state index contributed by atoms with van der Waals surface area (Å²) in [5.41, 5.74) is 0.757. The van der Waals surface area contributed by atoms with Gasteiger partial charge < -0.3 is 10.2 Å². The second-order valence-electron chi connectivity index (χ2n) is 5.01. The molecule has 0 saturated carbocycles. The molecule has 1 saturated heterocycles. The van der Waals surface area contributed by atoms with Crippen molar-refractivity contribution in [2.75, 3.05) is 25.0 Å². The third-order valence-corrected chi connectivity index (χ3v) is 3.67. The summed E-state index contributed by atoms with van der Waals surface area (Å²) < 4.78 is 0. The van der Waals surface area contributed by atoms with E-state index in [1.54, 1.807) is 4.90 Å². The molecule has 1 amide bonds. The lowest BCUT2D eigenvalue weighted by atomic mass is 9.79. The van der Waals surface area contributed by atoms with Gasteiger partial charge in [-0.25, -0.2) is 0 Å². The summed E-state index contributed by atoms with van der Waals surface area (Å²) in [4.78, 5) is 14.3. The van der Waals surface area contributed by atoms with E-state index < -0.39 is 0 Å². The van der Waals surface area contributed by atoms with E-state index in [1.165, 1.54) is 0 Å². The Bertz CT molecular complexity index is 382. The van der Waals surface area contributed by atoms with Crippen LogP contribution in [0.3, 0.4) is 0 Å². The molecule has 1 fully saturated rings. The minimum absolute atomic E-state index is 0.212. The zero-order chi connectivity index (χ0) is 12.3. The Kier molecular flexibility index (Phi) is 3.48. The van der Waals surface area contributed by atoms with Crippen LogP contribution in [0, 0.1) is 5.41 Å². The van der Waals surface area contributed by atoms with Crippen LogP contribution in [0.4, 0.5) is 5.69 Å². The number of nitrogens with one attached hydrogen (secondary N) is 1. The number of benzene rings is 1. The number of carbonyl (C=O) groups is 1. The Morgan fingerprint density at radius 3 is 2.41 bits per heavy atom. The Hall–Kier alpha value is -1.35. The number of amides is 1. The van der Waals surface area contributed by atoms with Crippen LogP contribution in [-0.2, 0) is 4.79 Å². The van der Waals surface area contributed by atoms with E-state index in [0.29, 0.717) is 0 Å². The molecule has 3 heteroatoms. The van der Waals surface area contributed by atoms with Gasteiger partial charge in [0.15, 0.2) is 0 Å². The SMILES string of the molecule is CN(C(=O)C1(C)CCNCC1)c1ccccc1. The molecular formula is C14H20N2O. The normalized spacial score (nSPS) is 18.7. The Morgan fingerprint density at radius 2 is 1.82 bits per heavy atom. The van der Waals surface area contributed by atoms with Crippen molar-refractivity contribution in [3.63, 3.8) is 0 Å². The van der Waals surface area contributed by atoms with Crippen LogP contribution in [-0.4, -0.2) is 26.0 Å². The number of hydrogen-bond donors (Lipinski definition) is 1. The van der Waals surface area contributed by atoms with Crippen molar-refractivity contribution in [2.24, 2.45) is 5.41 Å². The van der Waals surface area contributed by atoms with Crippen LogP contribution in [0.25, 0.3) is 0 Å². The number of anilines is 1. The van der Waals surface area contributed by atoms with Gasteiger partial charge in [0, 0.05) is 18.2 Å². The Balaban J connectivity index is 2.14. The fourth-order valence-electron chi connectivity index (χ4n) is 2.37. The molecule has 0 aromatic heterocycles. The van der Waals surface area contributed by atoms with Gasteiger partial charge in [-0.05, 0) is 38.1 Å². The van der Waals surface area contributed by atoms with Gasteiger partial charge in [-0.2, -0.15) is 0 Å². The fraction of sp³-hybridized carbons (Fsp3) is 0.500. The average molecular weight is 232 g/mol.